The summed E-state index contributed by atoms with van der Waals surface area (Å²) in [6.07, 6.45) is 0. The summed E-state index contributed by atoms with van der Waals surface area (Å²) in [7, 11) is 0. The molecule has 0 unspecified atom stereocenters. The van der Waals surface area contributed by atoms with Gasteiger partial charge in [0.25, 0.3) is 0 Å². The van der Waals surface area contributed by atoms with Crippen molar-refractivity contribution in [3.05, 3.63) is 58.1 Å². The summed E-state index contributed by atoms with van der Waals surface area (Å²) in [5, 5.41) is 12.5. The van der Waals surface area contributed by atoms with E-state index in [-0.39, 0.29) is 0 Å². The Morgan fingerprint density at radius 1 is 1.11 bits per heavy atom. The van der Waals surface area contributed by atoms with E-state index < -0.39 is 0 Å². The highest BCUT2D eigenvalue weighted by Gasteiger charge is 2.06. The van der Waals surface area contributed by atoms with Gasteiger partial charge in [0.1, 0.15) is 6.07 Å². The molecule has 0 spiro atoms. The maximum Gasteiger partial charge on any atom is 0.103 e. The summed E-state index contributed by atoms with van der Waals surface area (Å²) in [6, 6.07) is 16.2. The van der Waals surface area contributed by atoms with Crippen LogP contribution in [0.4, 0.5) is 11.4 Å². The molecule has 2 aromatic carbocycles. The van der Waals surface area contributed by atoms with Crippen LogP contribution in [0.3, 0.4) is 0 Å². The van der Waals surface area contributed by atoms with Crippen molar-refractivity contribution in [2.24, 2.45) is 0 Å². The van der Waals surface area contributed by atoms with Crippen molar-refractivity contribution in [1.29, 1.82) is 5.26 Å². The average Bonchev–Trinajstić information content (AvgIpc) is 2.39. The highest BCUT2D eigenvalue weighted by molar-refractivity contribution is 9.10. The lowest BCUT2D eigenvalue weighted by molar-refractivity contribution is 0.867. The zero-order valence-electron chi connectivity index (χ0n) is 10.9. The highest BCUT2D eigenvalue weighted by Crippen LogP contribution is 2.27. The molecule has 0 saturated heterocycles. The summed E-state index contributed by atoms with van der Waals surface area (Å²) in [4.78, 5) is 0. The molecule has 19 heavy (non-hydrogen) atoms. The lowest BCUT2D eigenvalue weighted by Gasteiger charge is -2.11. The fourth-order valence-corrected chi connectivity index (χ4v) is 2.30. The smallest absolute Gasteiger partial charge is 0.103 e. The Bertz CT molecular complexity index is 610. The molecule has 0 heterocycles. The van der Waals surface area contributed by atoms with Crippen LogP contribution in [-0.4, -0.2) is 0 Å². The van der Waals surface area contributed by atoms with Crippen LogP contribution >= 0.6 is 15.9 Å². The van der Waals surface area contributed by atoms with Crippen molar-refractivity contribution in [1.82, 2.24) is 0 Å². The molecule has 0 radical (unpaired) electrons. The van der Waals surface area contributed by atoms with E-state index in [1.807, 2.05) is 30.3 Å². The Morgan fingerprint density at radius 3 is 2.37 bits per heavy atom. The largest absolute Gasteiger partial charge is 0.354 e. The van der Waals surface area contributed by atoms with Crippen LogP contribution < -0.4 is 5.32 Å². The molecule has 0 fully saturated rings. The Balaban J connectivity index is 2.27. The van der Waals surface area contributed by atoms with Gasteiger partial charge in [0.15, 0.2) is 0 Å². The quantitative estimate of drug-likeness (QED) is 0.846. The second-order valence-electron chi connectivity index (χ2n) is 4.68. The second kappa shape index (κ2) is 5.90. The molecule has 0 aliphatic carbocycles. The first kappa shape index (κ1) is 13.6. The predicted octanol–water partition coefficient (Wildman–Crippen LogP) is 5.19. The van der Waals surface area contributed by atoms with Crippen molar-refractivity contribution in [3.8, 4) is 6.07 Å². The van der Waals surface area contributed by atoms with Crippen molar-refractivity contribution >= 4 is 27.3 Å². The van der Waals surface area contributed by atoms with Gasteiger partial charge in [-0.2, -0.15) is 5.26 Å². The minimum atomic E-state index is 0.523. The van der Waals surface area contributed by atoms with E-state index in [2.05, 4.69) is 53.3 Å². The van der Waals surface area contributed by atoms with E-state index in [1.165, 1.54) is 5.56 Å². The molecule has 0 bridgehead atoms. The highest BCUT2D eigenvalue weighted by atomic mass is 79.9. The van der Waals surface area contributed by atoms with Crippen LogP contribution in [0.5, 0.6) is 0 Å². The normalized spacial score (nSPS) is 10.3. The minimum Gasteiger partial charge on any atom is -0.354 e. The third-order valence-electron chi connectivity index (χ3n) is 2.98. The first-order valence-corrected chi connectivity index (χ1v) is 6.96. The number of nitriles is 1. The number of nitrogens with zero attached hydrogens (tertiary/aromatic N) is 1. The molecule has 3 heteroatoms. The summed E-state index contributed by atoms with van der Waals surface area (Å²) < 4.78 is 0.804. The number of hydrogen-bond acceptors (Lipinski definition) is 2. The Kier molecular flexibility index (Phi) is 4.24. The molecule has 96 valence electrons. The van der Waals surface area contributed by atoms with Crippen molar-refractivity contribution < 1.29 is 0 Å². The van der Waals surface area contributed by atoms with Crippen molar-refractivity contribution in [2.45, 2.75) is 19.8 Å². The van der Waals surface area contributed by atoms with Crippen LogP contribution in [0.2, 0.25) is 0 Å². The van der Waals surface area contributed by atoms with Gasteiger partial charge in [-0.25, -0.2) is 0 Å². The molecular formula is C16H15BrN2. The topological polar surface area (TPSA) is 35.8 Å². The molecule has 2 rings (SSSR count). The third-order valence-corrected chi connectivity index (χ3v) is 3.64. The number of rotatable bonds is 3. The molecule has 0 atom stereocenters. The fourth-order valence-electron chi connectivity index (χ4n) is 1.85. The maximum atomic E-state index is 9.17. The van der Waals surface area contributed by atoms with Gasteiger partial charge in [0.2, 0.25) is 0 Å². The molecule has 0 aliphatic heterocycles. The number of benzene rings is 2. The van der Waals surface area contributed by atoms with Crippen LogP contribution in [0.25, 0.3) is 0 Å². The summed E-state index contributed by atoms with van der Waals surface area (Å²) in [5.41, 5.74) is 3.73. The molecule has 0 saturated carbocycles. The monoisotopic (exact) mass is 314 g/mol. The Labute approximate surface area is 122 Å². The van der Waals surface area contributed by atoms with Gasteiger partial charge in [-0.1, -0.05) is 32.0 Å². The summed E-state index contributed by atoms with van der Waals surface area (Å²) in [6.45, 7) is 4.34. The molecule has 0 amide bonds. The number of anilines is 2. The SMILES string of the molecule is CC(C)c1ccc(Nc2cccc(Br)c2C#N)cc1. The van der Waals surface area contributed by atoms with Gasteiger partial charge >= 0.3 is 0 Å². The summed E-state index contributed by atoms with van der Waals surface area (Å²) in [5.74, 6) is 0.523. The maximum absolute atomic E-state index is 9.17. The van der Waals surface area contributed by atoms with Crippen LogP contribution in [0.15, 0.2) is 46.9 Å². The van der Waals surface area contributed by atoms with E-state index in [4.69, 9.17) is 0 Å². The van der Waals surface area contributed by atoms with Crippen molar-refractivity contribution in [3.63, 3.8) is 0 Å². The van der Waals surface area contributed by atoms with Gasteiger partial charge in [-0.15, -0.1) is 0 Å². The van der Waals surface area contributed by atoms with E-state index in [0.717, 1.165) is 15.8 Å². The van der Waals surface area contributed by atoms with Crippen LogP contribution in [0.1, 0.15) is 30.9 Å². The minimum absolute atomic E-state index is 0.523. The van der Waals surface area contributed by atoms with Crippen LogP contribution in [-0.2, 0) is 0 Å². The molecule has 0 aromatic heterocycles. The van der Waals surface area contributed by atoms with Crippen LogP contribution in [0, 0.1) is 11.3 Å². The molecule has 2 nitrogen and oxygen atoms in total. The van der Waals surface area contributed by atoms with E-state index >= 15 is 0 Å². The number of nitrogens with one attached hydrogen (secondary N) is 1. The van der Waals surface area contributed by atoms with Gasteiger partial charge in [-0.3, -0.25) is 0 Å². The van der Waals surface area contributed by atoms with E-state index in [9.17, 15) is 5.26 Å². The Hall–Kier alpha value is -1.79. The zero-order chi connectivity index (χ0) is 13.8. The lowest BCUT2D eigenvalue weighted by Crippen LogP contribution is -1.95. The van der Waals surface area contributed by atoms with Gasteiger partial charge in [-0.05, 0) is 51.7 Å². The number of halogens is 1. The fraction of sp³-hybridized carbons (Fsp3) is 0.188. The second-order valence-corrected chi connectivity index (χ2v) is 5.53. The van der Waals surface area contributed by atoms with E-state index in [0.29, 0.717) is 11.5 Å². The van der Waals surface area contributed by atoms with Gasteiger partial charge in [0, 0.05) is 10.2 Å². The summed E-state index contributed by atoms with van der Waals surface area (Å²) >= 11 is 3.39. The standard InChI is InChI=1S/C16H15BrN2/c1-11(2)12-6-8-13(9-7-12)19-16-5-3-4-15(17)14(16)10-18/h3-9,11,19H,1-2H3. The first-order valence-electron chi connectivity index (χ1n) is 6.17. The average molecular weight is 315 g/mol. The van der Waals surface area contributed by atoms with Gasteiger partial charge < -0.3 is 5.32 Å². The molecular weight excluding hydrogens is 300 g/mol. The first-order chi connectivity index (χ1) is 9.11. The lowest BCUT2D eigenvalue weighted by atomic mass is 10.0. The molecule has 0 aliphatic rings. The van der Waals surface area contributed by atoms with Crippen molar-refractivity contribution in [2.75, 3.05) is 5.32 Å². The number of hydrogen-bond donors (Lipinski definition) is 1. The van der Waals surface area contributed by atoms with Gasteiger partial charge in [0.05, 0.1) is 11.3 Å². The molecule has 2 aromatic rings. The third kappa shape index (κ3) is 3.15. The Morgan fingerprint density at radius 2 is 1.79 bits per heavy atom. The van der Waals surface area contributed by atoms with E-state index in [1.54, 1.807) is 0 Å². The predicted molar refractivity (Wildman–Crippen MR) is 82.7 cm³/mol. The molecule has 1 N–H and O–H groups in total. The zero-order valence-corrected chi connectivity index (χ0v) is 12.5.